The van der Waals surface area contributed by atoms with Crippen LogP contribution in [0.2, 0.25) is 0 Å². The molecule has 21 heavy (non-hydrogen) atoms. The number of nitriles is 1. The largest absolute Gasteiger partial charge is 0.383 e. The second-order valence-electron chi connectivity index (χ2n) is 5.26. The highest BCUT2D eigenvalue weighted by Crippen LogP contribution is 2.18. The van der Waals surface area contributed by atoms with Gasteiger partial charge in [-0.2, -0.15) is 5.26 Å². The molecule has 0 saturated carbocycles. The van der Waals surface area contributed by atoms with Crippen LogP contribution in [0.1, 0.15) is 28.1 Å². The van der Waals surface area contributed by atoms with Crippen molar-refractivity contribution in [2.24, 2.45) is 5.92 Å². The van der Waals surface area contributed by atoms with Gasteiger partial charge in [0.25, 0.3) is 5.91 Å². The Morgan fingerprint density at radius 1 is 1.57 bits per heavy atom. The molecule has 0 unspecified atom stereocenters. The fourth-order valence-corrected chi connectivity index (χ4v) is 3.29. The predicted octanol–water partition coefficient (Wildman–Crippen LogP) is 1.71. The van der Waals surface area contributed by atoms with Crippen LogP contribution in [0.25, 0.3) is 0 Å². The van der Waals surface area contributed by atoms with Crippen LogP contribution >= 0.6 is 11.3 Å². The Morgan fingerprint density at radius 3 is 3.00 bits per heavy atom. The minimum atomic E-state index is -0.122. The topological polar surface area (TPSA) is 65.4 Å². The van der Waals surface area contributed by atoms with E-state index in [0.29, 0.717) is 22.9 Å². The molecule has 5 nitrogen and oxygen atoms in total. The number of rotatable bonds is 6. The molecule has 6 heteroatoms. The maximum absolute atomic E-state index is 12.1. The van der Waals surface area contributed by atoms with Gasteiger partial charge >= 0.3 is 0 Å². The van der Waals surface area contributed by atoms with E-state index in [4.69, 9.17) is 10.00 Å². The number of piperidine rings is 1. The third-order valence-corrected chi connectivity index (χ3v) is 4.78. The summed E-state index contributed by atoms with van der Waals surface area (Å²) in [6.07, 6.45) is 2.19. The van der Waals surface area contributed by atoms with Gasteiger partial charge in [-0.05, 0) is 43.3 Å². The van der Waals surface area contributed by atoms with Gasteiger partial charge in [-0.3, -0.25) is 4.79 Å². The van der Waals surface area contributed by atoms with Crippen molar-refractivity contribution in [1.29, 1.82) is 5.26 Å². The van der Waals surface area contributed by atoms with Crippen LogP contribution < -0.4 is 5.32 Å². The molecule has 0 aromatic carbocycles. The van der Waals surface area contributed by atoms with E-state index in [2.05, 4.69) is 16.3 Å². The first-order chi connectivity index (χ1) is 10.2. The molecular weight excluding hydrogens is 286 g/mol. The van der Waals surface area contributed by atoms with Crippen molar-refractivity contribution in [2.75, 3.05) is 39.9 Å². The van der Waals surface area contributed by atoms with Gasteiger partial charge in [0, 0.05) is 20.2 Å². The zero-order valence-electron chi connectivity index (χ0n) is 12.3. The number of ether oxygens (including phenoxy) is 1. The molecule has 0 radical (unpaired) electrons. The summed E-state index contributed by atoms with van der Waals surface area (Å²) >= 11 is 1.32. The highest BCUT2D eigenvalue weighted by Gasteiger charge is 2.20. The summed E-state index contributed by atoms with van der Waals surface area (Å²) < 4.78 is 5.09. The van der Waals surface area contributed by atoms with Crippen LogP contribution in [0.4, 0.5) is 0 Å². The van der Waals surface area contributed by atoms with E-state index in [-0.39, 0.29) is 5.91 Å². The highest BCUT2D eigenvalue weighted by atomic mass is 32.1. The molecule has 114 valence electrons. The molecule has 2 heterocycles. The highest BCUT2D eigenvalue weighted by molar-refractivity contribution is 7.12. The molecule has 1 aromatic rings. The van der Waals surface area contributed by atoms with E-state index in [1.807, 2.05) is 0 Å². The summed E-state index contributed by atoms with van der Waals surface area (Å²) in [5, 5.41) is 13.7. The average molecular weight is 307 g/mol. The molecule has 1 aliphatic heterocycles. The molecule has 0 bridgehead atoms. The number of nitrogens with one attached hydrogen (secondary N) is 1. The Labute approximate surface area is 129 Å². The molecule has 2 rings (SSSR count). The summed E-state index contributed by atoms with van der Waals surface area (Å²) in [6, 6.07) is 3.74. The van der Waals surface area contributed by atoms with Crippen molar-refractivity contribution in [3.63, 3.8) is 0 Å². The Balaban J connectivity index is 1.72. The lowest BCUT2D eigenvalue weighted by atomic mass is 9.97. The van der Waals surface area contributed by atoms with Gasteiger partial charge in [0.05, 0.1) is 12.2 Å². The molecule has 1 aliphatic rings. The van der Waals surface area contributed by atoms with E-state index >= 15 is 0 Å². The van der Waals surface area contributed by atoms with Gasteiger partial charge < -0.3 is 15.0 Å². The molecule has 0 aliphatic carbocycles. The maximum atomic E-state index is 12.1. The SMILES string of the molecule is COCCN1CCC(CNC(=O)c2sccc2C#N)CC1. The number of carbonyl (C=O) groups excluding carboxylic acids is 1. The molecule has 1 saturated heterocycles. The van der Waals surface area contributed by atoms with Gasteiger partial charge in [0.15, 0.2) is 0 Å². The van der Waals surface area contributed by atoms with Gasteiger partial charge in [0.1, 0.15) is 10.9 Å². The smallest absolute Gasteiger partial charge is 0.262 e. The van der Waals surface area contributed by atoms with Crippen molar-refractivity contribution in [3.8, 4) is 6.07 Å². The van der Waals surface area contributed by atoms with Crippen LogP contribution in [0.5, 0.6) is 0 Å². The Bertz CT molecular complexity index is 501. The van der Waals surface area contributed by atoms with E-state index in [0.717, 1.165) is 39.1 Å². The van der Waals surface area contributed by atoms with Crippen LogP contribution in [-0.4, -0.2) is 50.7 Å². The quantitative estimate of drug-likeness (QED) is 0.869. The summed E-state index contributed by atoms with van der Waals surface area (Å²) in [7, 11) is 1.72. The predicted molar refractivity (Wildman–Crippen MR) is 82.4 cm³/mol. The third kappa shape index (κ3) is 4.53. The lowest BCUT2D eigenvalue weighted by Crippen LogP contribution is -2.39. The molecule has 0 spiro atoms. The molecule has 1 fully saturated rings. The molecule has 1 aromatic heterocycles. The zero-order valence-corrected chi connectivity index (χ0v) is 13.1. The Morgan fingerprint density at radius 2 is 2.33 bits per heavy atom. The fraction of sp³-hybridized carbons (Fsp3) is 0.600. The van der Waals surface area contributed by atoms with Gasteiger partial charge in [-0.25, -0.2) is 0 Å². The summed E-state index contributed by atoms with van der Waals surface area (Å²) in [6.45, 7) is 4.57. The standard InChI is InChI=1S/C15H21N3O2S/c1-20-8-7-18-5-2-12(3-6-18)11-17-15(19)14-13(10-16)4-9-21-14/h4,9,12H,2-3,5-8,11H2,1H3,(H,17,19). The van der Waals surface area contributed by atoms with E-state index in [1.54, 1.807) is 18.6 Å². The van der Waals surface area contributed by atoms with Gasteiger partial charge in [-0.15, -0.1) is 11.3 Å². The van der Waals surface area contributed by atoms with Crippen molar-refractivity contribution in [2.45, 2.75) is 12.8 Å². The number of nitrogens with zero attached hydrogens (tertiary/aromatic N) is 2. The second-order valence-corrected chi connectivity index (χ2v) is 6.18. The van der Waals surface area contributed by atoms with Crippen molar-refractivity contribution in [1.82, 2.24) is 10.2 Å². The normalized spacial score (nSPS) is 16.6. The number of amides is 1. The number of methoxy groups -OCH3 is 1. The fourth-order valence-electron chi connectivity index (χ4n) is 2.53. The number of thiophene rings is 1. The number of hydrogen-bond acceptors (Lipinski definition) is 5. The lowest BCUT2D eigenvalue weighted by Gasteiger charge is -2.31. The Kier molecular flexibility index (Phi) is 6.18. The zero-order chi connectivity index (χ0) is 15.1. The van der Waals surface area contributed by atoms with Crippen LogP contribution in [0, 0.1) is 17.2 Å². The average Bonchev–Trinajstić information content (AvgIpc) is 3.00. The minimum absolute atomic E-state index is 0.122. The van der Waals surface area contributed by atoms with Gasteiger partial charge in [-0.1, -0.05) is 0 Å². The van der Waals surface area contributed by atoms with Crippen molar-refractivity contribution in [3.05, 3.63) is 21.9 Å². The monoisotopic (exact) mass is 307 g/mol. The molecular formula is C15H21N3O2S. The second kappa shape index (κ2) is 8.13. The lowest BCUT2D eigenvalue weighted by molar-refractivity contribution is 0.0929. The van der Waals surface area contributed by atoms with Crippen molar-refractivity contribution < 1.29 is 9.53 Å². The molecule has 0 atom stereocenters. The van der Waals surface area contributed by atoms with E-state index in [1.165, 1.54) is 11.3 Å². The van der Waals surface area contributed by atoms with Crippen LogP contribution in [0.3, 0.4) is 0 Å². The first-order valence-corrected chi connectivity index (χ1v) is 8.09. The minimum Gasteiger partial charge on any atom is -0.383 e. The summed E-state index contributed by atoms with van der Waals surface area (Å²) in [5.41, 5.74) is 0.465. The van der Waals surface area contributed by atoms with Crippen LogP contribution in [-0.2, 0) is 4.74 Å². The van der Waals surface area contributed by atoms with Crippen LogP contribution in [0.15, 0.2) is 11.4 Å². The first kappa shape index (κ1) is 16.0. The molecule has 1 amide bonds. The first-order valence-electron chi connectivity index (χ1n) is 7.21. The molecule has 1 N–H and O–H groups in total. The van der Waals surface area contributed by atoms with Gasteiger partial charge in [0.2, 0.25) is 0 Å². The number of likely N-dealkylation sites (tertiary alicyclic amines) is 1. The number of hydrogen-bond donors (Lipinski definition) is 1. The van der Waals surface area contributed by atoms with E-state index in [9.17, 15) is 4.79 Å². The number of carbonyl (C=O) groups is 1. The summed E-state index contributed by atoms with van der Waals surface area (Å²) in [5.74, 6) is 0.404. The third-order valence-electron chi connectivity index (χ3n) is 3.86. The maximum Gasteiger partial charge on any atom is 0.262 e. The van der Waals surface area contributed by atoms with E-state index < -0.39 is 0 Å². The summed E-state index contributed by atoms with van der Waals surface area (Å²) in [4.78, 5) is 15.0. The van der Waals surface area contributed by atoms with Crippen molar-refractivity contribution >= 4 is 17.2 Å². The Hall–Kier alpha value is -1.42.